The second-order valence-corrected chi connectivity index (χ2v) is 9.31. The first-order valence-corrected chi connectivity index (χ1v) is 11.9. The van der Waals surface area contributed by atoms with E-state index < -0.39 is 5.41 Å². The minimum Gasteiger partial charge on any atom is -0.493 e. The molecule has 0 N–H and O–H groups in total. The van der Waals surface area contributed by atoms with E-state index in [1.54, 1.807) is 17.0 Å². The van der Waals surface area contributed by atoms with Crippen LogP contribution in [0.3, 0.4) is 0 Å². The molecule has 1 aliphatic rings. The Morgan fingerprint density at radius 2 is 1.51 bits per heavy atom. The molecule has 1 saturated heterocycles. The third-order valence-electron chi connectivity index (χ3n) is 6.71. The highest BCUT2D eigenvalue weighted by Gasteiger charge is 2.39. The number of carbonyl (C=O) groups is 2. The molecule has 0 saturated carbocycles. The van der Waals surface area contributed by atoms with Crippen molar-refractivity contribution < 1.29 is 18.7 Å². The number of amides is 2. The molecular weight excluding hydrogens is 443 g/mol. The van der Waals surface area contributed by atoms with Gasteiger partial charge in [-0.2, -0.15) is 0 Å². The summed E-state index contributed by atoms with van der Waals surface area (Å²) in [6.45, 7) is 1.97. The Labute approximate surface area is 206 Å². The highest BCUT2D eigenvalue weighted by molar-refractivity contribution is 5.94. The highest BCUT2D eigenvalue weighted by Crippen LogP contribution is 2.37. The fraction of sp³-hybridized carbons (Fsp3) is 0.310. The second-order valence-electron chi connectivity index (χ2n) is 9.31. The van der Waals surface area contributed by atoms with Gasteiger partial charge in [0.05, 0.1) is 6.61 Å². The molecule has 3 aromatic carbocycles. The summed E-state index contributed by atoms with van der Waals surface area (Å²) < 4.78 is 19.4. The molecule has 6 heteroatoms. The van der Waals surface area contributed by atoms with Crippen LogP contribution in [0.2, 0.25) is 0 Å². The van der Waals surface area contributed by atoms with E-state index in [0.717, 1.165) is 5.56 Å². The van der Waals surface area contributed by atoms with Crippen LogP contribution in [0.15, 0.2) is 84.9 Å². The van der Waals surface area contributed by atoms with Crippen molar-refractivity contribution in [2.75, 3.05) is 26.7 Å². The molecule has 0 aromatic heterocycles. The average Bonchev–Trinajstić information content (AvgIpc) is 2.89. The molecule has 0 spiro atoms. The summed E-state index contributed by atoms with van der Waals surface area (Å²) in [4.78, 5) is 29.8. The van der Waals surface area contributed by atoms with Crippen molar-refractivity contribution >= 4 is 11.8 Å². The number of nitrogens with zero attached hydrogens (tertiary/aromatic N) is 2. The minimum atomic E-state index is -0.413. The molecular formula is C29H31FN2O3. The Balaban J connectivity index is 1.45. The lowest BCUT2D eigenvalue weighted by molar-refractivity contribution is -0.134. The zero-order valence-corrected chi connectivity index (χ0v) is 20.0. The smallest absolute Gasteiger partial charge is 0.253 e. The Hall–Kier alpha value is -3.67. The van der Waals surface area contributed by atoms with Crippen molar-refractivity contribution in [2.45, 2.75) is 25.8 Å². The largest absolute Gasteiger partial charge is 0.493 e. The summed E-state index contributed by atoms with van der Waals surface area (Å²) in [7, 11) is 1.82. The number of piperidine rings is 1. The van der Waals surface area contributed by atoms with Crippen molar-refractivity contribution in [1.82, 2.24) is 9.80 Å². The van der Waals surface area contributed by atoms with E-state index >= 15 is 0 Å². The standard InChI is InChI=1S/C29H31FN2O3/c1-31(21-23-8-4-2-5-9-23)27(33)20-29(22-35-26-14-12-25(30)13-15-26)16-18-32(19-17-29)28(34)24-10-6-3-7-11-24/h2-15H,16-22H2,1H3. The predicted octanol–water partition coefficient (Wildman–Crippen LogP) is 5.18. The van der Waals surface area contributed by atoms with Crippen LogP contribution in [0.4, 0.5) is 4.39 Å². The summed E-state index contributed by atoms with van der Waals surface area (Å²) in [6, 6.07) is 25.1. The summed E-state index contributed by atoms with van der Waals surface area (Å²) >= 11 is 0. The fourth-order valence-electron chi connectivity index (χ4n) is 4.49. The van der Waals surface area contributed by atoms with Gasteiger partial charge in [-0.15, -0.1) is 0 Å². The van der Waals surface area contributed by atoms with Crippen molar-refractivity contribution in [3.8, 4) is 5.75 Å². The van der Waals surface area contributed by atoms with Gasteiger partial charge in [-0.3, -0.25) is 9.59 Å². The van der Waals surface area contributed by atoms with E-state index in [4.69, 9.17) is 4.74 Å². The van der Waals surface area contributed by atoms with Gasteiger partial charge in [0.15, 0.2) is 0 Å². The van der Waals surface area contributed by atoms with Gasteiger partial charge >= 0.3 is 0 Å². The number of halogens is 1. The lowest BCUT2D eigenvalue weighted by atomic mass is 9.75. The normalized spacial score (nSPS) is 14.9. The maximum absolute atomic E-state index is 13.3. The molecule has 1 heterocycles. The van der Waals surface area contributed by atoms with Crippen molar-refractivity contribution in [2.24, 2.45) is 5.41 Å². The molecule has 0 aliphatic carbocycles. The van der Waals surface area contributed by atoms with Crippen LogP contribution in [0.1, 0.15) is 35.2 Å². The van der Waals surface area contributed by atoms with Gasteiger partial charge in [0.2, 0.25) is 5.91 Å². The van der Waals surface area contributed by atoms with Crippen molar-refractivity contribution in [3.05, 3.63) is 102 Å². The van der Waals surface area contributed by atoms with Crippen LogP contribution in [-0.2, 0) is 11.3 Å². The molecule has 0 unspecified atom stereocenters. The van der Waals surface area contributed by atoms with Crippen LogP contribution < -0.4 is 4.74 Å². The van der Waals surface area contributed by atoms with E-state index in [0.29, 0.717) is 56.8 Å². The summed E-state index contributed by atoms with van der Waals surface area (Å²) in [5, 5.41) is 0. The number of hydrogen-bond acceptors (Lipinski definition) is 3. The summed E-state index contributed by atoms with van der Waals surface area (Å²) in [6.07, 6.45) is 1.63. The molecule has 1 fully saturated rings. The van der Waals surface area contributed by atoms with Crippen molar-refractivity contribution in [1.29, 1.82) is 0 Å². The van der Waals surface area contributed by atoms with Crippen LogP contribution in [0.25, 0.3) is 0 Å². The zero-order valence-electron chi connectivity index (χ0n) is 20.0. The van der Waals surface area contributed by atoms with E-state index in [9.17, 15) is 14.0 Å². The molecule has 3 aromatic rings. The molecule has 35 heavy (non-hydrogen) atoms. The summed E-state index contributed by atoms with van der Waals surface area (Å²) in [5.41, 5.74) is 1.33. The first-order valence-electron chi connectivity index (χ1n) is 11.9. The third-order valence-corrected chi connectivity index (χ3v) is 6.71. The third kappa shape index (κ3) is 6.47. The topological polar surface area (TPSA) is 49.9 Å². The Morgan fingerprint density at radius 1 is 0.914 bits per heavy atom. The van der Waals surface area contributed by atoms with Crippen LogP contribution >= 0.6 is 0 Å². The number of rotatable bonds is 8. The first-order chi connectivity index (χ1) is 16.9. The molecule has 1 aliphatic heterocycles. The first kappa shape index (κ1) is 24.5. The zero-order chi connectivity index (χ0) is 24.7. The monoisotopic (exact) mass is 474 g/mol. The van der Waals surface area contributed by atoms with E-state index in [1.165, 1.54) is 12.1 Å². The van der Waals surface area contributed by atoms with Crippen molar-refractivity contribution in [3.63, 3.8) is 0 Å². The molecule has 182 valence electrons. The average molecular weight is 475 g/mol. The molecule has 0 radical (unpaired) electrons. The molecule has 2 amide bonds. The fourth-order valence-corrected chi connectivity index (χ4v) is 4.49. The van der Waals surface area contributed by atoms with Crippen LogP contribution in [-0.4, -0.2) is 48.4 Å². The molecule has 0 bridgehead atoms. The highest BCUT2D eigenvalue weighted by atomic mass is 19.1. The van der Waals surface area contributed by atoms with Crippen LogP contribution in [0, 0.1) is 11.2 Å². The van der Waals surface area contributed by atoms with Crippen LogP contribution in [0.5, 0.6) is 5.75 Å². The quantitative estimate of drug-likeness (QED) is 0.452. The maximum Gasteiger partial charge on any atom is 0.253 e. The lowest BCUT2D eigenvalue weighted by Gasteiger charge is -2.42. The van der Waals surface area contributed by atoms with Gasteiger partial charge < -0.3 is 14.5 Å². The van der Waals surface area contributed by atoms with E-state index in [1.807, 2.05) is 72.6 Å². The van der Waals surface area contributed by atoms with Gasteiger partial charge in [0.25, 0.3) is 5.91 Å². The van der Waals surface area contributed by atoms with E-state index in [2.05, 4.69) is 0 Å². The lowest BCUT2D eigenvalue weighted by Crippen LogP contribution is -2.47. The number of benzene rings is 3. The molecule has 0 atom stereocenters. The Kier molecular flexibility index (Phi) is 7.80. The number of ether oxygens (including phenoxy) is 1. The maximum atomic E-state index is 13.3. The van der Waals surface area contributed by atoms with Gasteiger partial charge in [-0.1, -0.05) is 48.5 Å². The van der Waals surface area contributed by atoms with E-state index in [-0.39, 0.29) is 17.6 Å². The Bertz CT molecular complexity index is 1110. The van der Waals surface area contributed by atoms with Gasteiger partial charge in [-0.05, 0) is 54.8 Å². The number of likely N-dealkylation sites (tertiary alicyclic amines) is 1. The van der Waals surface area contributed by atoms with Gasteiger partial charge in [0.1, 0.15) is 11.6 Å². The number of hydrogen-bond donors (Lipinski definition) is 0. The predicted molar refractivity (Wildman–Crippen MR) is 133 cm³/mol. The minimum absolute atomic E-state index is 0.00572. The van der Waals surface area contributed by atoms with Gasteiger partial charge in [0, 0.05) is 44.1 Å². The number of carbonyl (C=O) groups excluding carboxylic acids is 2. The SMILES string of the molecule is CN(Cc1ccccc1)C(=O)CC1(COc2ccc(F)cc2)CCN(C(=O)c2ccccc2)CC1. The van der Waals surface area contributed by atoms with Gasteiger partial charge in [-0.25, -0.2) is 4.39 Å². The Morgan fingerprint density at radius 3 is 2.14 bits per heavy atom. The molecule has 5 nitrogen and oxygen atoms in total. The molecule has 4 rings (SSSR count). The second kappa shape index (κ2) is 11.2. The summed E-state index contributed by atoms with van der Waals surface area (Å²) in [5.74, 6) is 0.293.